The minimum atomic E-state index is 0.555. The van der Waals surface area contributed by atoms with Crippen LogP contribution in [0.25, 0.3) is 11.3 Å². The molecule has 106 valence electrons. The Hall–Kier alpha value is -2.34. The molecule has 1 heterocycles. The third-order valence-corrected chi connectivity index (χ3v) is 2.79. The number of aromatic nitrogens is 2. The van der Waals surface area contributed by atoms with Crippen molar-refractivity contribution in [2.75, 3.05) is 32.6 Å². The van der Waals surface area contributed by atoms with E-state index >= 15 is 0 Å². The average Bonchev–Trinajstić information content (AvgIpc) is 2.52. The highest BCUT2D eigenvalue weighted by Gasteiger charge is 2.07. The van der Waals surface area contributed by atoms with E-state index in [4.69, 9.17) is 15.2 Å². The average molecular weight is 274 g/mol. The number of hydrogen-bond acceptors (Lipinski definition) is 6. The highest BCUT2D eigenvalue weighted by atomic mass is 16.5. The van der Waals surface area contributed by atoms with Crippen LogP contribution in [0.15, 0.2) is 30.3 Å². The van der Waals surface area contributed by atoms with Crippen LogP contribution in [0, 0.1) is 0 Å². The van der Waals surface area contributed by atoms with Gasteiger partial charge < -0.3 is 20.5 Å². The van der Waals surface area contributed by atoms with Gasteiger partial charge in [-0.3, -0.25) is 0 Å². The molecule has 0 aliphatic rings. The lowest BCUT2D eigenvalue weighted by Crippen LogP contribution is -2.14. The van der Waals surface area contributed by atoms with Gasteiger partial charge in [-0.25, -0.2) is 0 Å². The minimum absolute atomic E-state index is 0.555. The molecule has 2 aromatic rings. The molecule has 0 aliphatic carbocycles. The van der Waals surface area contributed by atoms with Crippen molar-refractivity contribution in [1.29, 1.82) is 0 Å². The molecule has 0 radical (unpaired) electrons. The van der Waals surface area contributed by atoms with Crippen LogP contribution >= 0.6 is 0 Å². The van der Waals surface area contributed by atoms with Crippen molar-refractivity contribution in [2.45, 2.75) is 0 Å². The van der Waals surface area contributed by atoms with Crippen LogP contribution in [0.5, 0.6) is 11.5 Å². The Morgan fingerprint density at radius 1 is 1.05 bits per heavy atom. The van der Waals surface area contributed by atoms with E-state index in [9.17, 15) is 0 Å². The number of hydrogen-bond donors (Lipinski definition) is 2. The lowest BCUT2D eigenvalue weighted by Gasteiger charge is -2.09. The smallest absolute Gasteiger partial charge is 0.161 e. The molecule has 1 aromatic heterocycles. The lowest BCUT2D eigenvalue weighted by atomic mass is 10.1. The molecule has 0 atom stereocenters. The first-order valence-corrected chi connectivity index (χ1v) is 6.28. The fraction of sp³-hybridized carbons (Fsp3) is 0.286. The van der Waals surface area contributed by atoms with Crippen LogP contribution in [0.4, 0.5) is 5.82 Å². The molecule has 0 saturated heterocycles. The second-order valence-electron chi connectivity index (χ2n) is 4.09. The Balaban J connectivity index is 2.22. The number of nitrogens with two attached hydrogens (primary N) is 1. The van der Waals surface area contributed by atoms with Gasteiger partial charge in [0, 0.05) is 18.7 Å². The van der Waals surface area contributed by atoms with Gasteiger partial charge in [-0.2, -0.15) is 0 Å². The molecule has 6 heteroatoms. The topological polar surface area (TPSA) is 82.3 Å². The van der Waals surface area contributed by atoms with Crippen LogP contribution in [0.3, 0.4) is 0 Å². The molecule has 0 bridgehead atoms. The molecule has 0 spiro atoms. The summed E-state index contributed by atoms with van der Waals surface area (Å²) in [5, 5.41) is 11.4. The Morgan fingerprint density at radius 3 is 2.45 bits per heavy atom. The fourth-order valence-corrected chi connectivity index (χ4v) is 1.78. The second-order valence-corrected chi connectivity index (χ2v) is 4.09. The first-order chi connectivity index (χ1) is 9.78. The molecule has 3 N–H and O–H groups in total. The molecular weight excluding hydrogens is 256 g/mol. The number of anilines is 1. The van der Waals surface area contributed by atoms with E-state index in [1.165, 1.54) is 0 Å². The summed E-state index contributed by atoms with van der Waals surface area (Å²) in [5.74, 6) is 2.06. The van der Waals surface area contributed by atoms with Gasteiger partial charge in [0.05, 0.1) is 19.9 Å². The largest absolute Gasteiger partial charge is 0.493 e. The number of rotatable bonds is 6. The summed E-state index contributed by atoms with van der Waals surface area (Å²) >= 11 is 0. The Bertz CT molecular complexity index is 558. The fourth-order valence-electron chi connectivity index (χ4n) is 1.78. The van der Waals surface area contributed by atoms with E-state index in [0.717, 1.165) is 11.3 Å². The van der Waals surface area contributed by atoms with Crippen LogP contribution in [0.1, 0.15) is 0 Å². The zero-order valence-corrected chi connectivity index (χ0v) is 11.6. The van der Waals surface area contributed by atoms with Crippen molar-refractivity contribution >= 4 is 5.82 Å². The Kier molecular flexibility index (Phi) is 4.73. The van der Waals surface area contributed by atoms with E-state index in [-0.39, 0.29) is 0 Å². The summed E-state index contributed by atoms with van der Waals surface area (Å²) in [7, 11) is 3.21. The standard InChI is InChI=1S/C14H18N4O2/c1-19-12-5-3-10(9-13(12)20-2)11-4-6-14(18-17-11)16-8-7-15/h3-6,9H,7-8,15H2,1-2H3,(H,16,18). The van der Waals surface area contributed by atoms with Crippen LogP contribution in [0.2, 0.25) is 0 Å². The highest BCUT2D eigenvalue weighted by Crippen LogP contribution is 2.31. The van der Waals surface area contributed by atoms with E-state index in [0.29, 0.717) is 30.4 Å². The first-order valence-electron chi connectivity index (χ1n) is 6.28. The van der Waals surface area contributed by atoms with Gasteiger partial charge in [-0.15, -0.1) is 10.2 Å². The summed E-state index contributed by atoms with van der Waals surface area (Å²) in [6.07, 6.45) is 0. The summed E-state index contributed by atoms with van der Waals surface area (Å²) < 4.78 is 10.5. The van der Waals surface area contributed by atoms with Gasteiger partial charge in [0.25, 0.3) is 0 Å². The number of nitrogens with one attached hydrogen (secondary N) is 1. The molecular formula is C14H18N4O2. The van der Waals surface area contributed by atoms with Crippen molar-refractivity contribution < 1.29 is 9.47 Å². The van der Waals surface area contributed by atoms with Gasteiger partial charge in [0.15, 0.2) is 11.5 Å². The zero-order valence-electron chi connectivity index (χ0n) is 11.6. The molecule has 0 amide bonds. The summed E-state index contributed by atoms with van der Waals surface area (Å²) in [6.45, 7) is 1.23. The molecule has 0 fully saturated rings. The highest BCUT2D eigenvalue weighted by molar-refractivity contribution is 5.64. The van der Waals surface area contributed by atoms with Crippen molar-refractivity contribution in [3.8, 4) is 22.8 Å². The van der Waals surface area contributed by atoms with Crippen molar-refractivity contribution in [3.05, 3.63) is 30.3 Å². The quantitative estimate of drug-likeness (QED) is 0.831. The van der Waals surface area contributed by atoms with Gasteiger partial charge in [-0.1, -0.05) is 0 Å². The van der Waals surface area contributed by atoms with E-state index in [1.54, 1.807) is 14.2 Å². The normalized spacial score (nSPS) is 10.2. The monoisotopic (exact) mass is 274 g/mol. The summed E-state index contributed by atoms with van der Waals surface area (Å²) in [5.41, 5.74) is 7.11. The predicted octanol–water partition coefficient (Wildman–Crippen LogP) is 1.53. The Labute approximate surface area is 117 Å². The maximum Gasteiger partial charge on any atom is 0.161 e. The number of nitrogens with zero attached hydrogens (tertiary/aromatic N) is 2. The molecule has 2 rings (SSSR count). The number of ether oxygens (including phenoxy) is 2. The van der Waals surface area contributed by atoms with Gasteiger partial charge in [0.1, 0.15) is 5.82 Å². The van der Waals surface area contributed by atoms with Crippen LogP contribution in [-0.4, -0.2) is 37.5 Å². The predicted molar refractivity (Wildman–Crippen MR) is 78.1 cm³/mol. The molecule has 6 nitrogen and oxygen atoms in total. The Morgan fingerprint density at radius 2 is 1.85 bits per heavy atom. The van der Waals surface area contributed by atoms with Gasteiger partial charge in [0.2, 0.25) is 0 Å². The summed E-state index contributed by atoms with van der Waals surface area (Å²) in [4.78, 5) is 0. The summed E-state index contributed by atoms with van der Waals surface area (Å²) in [6, 6.07) is 9.40. The van der Waals surface area contributed by atoms with E-state index in [1.807, 2.05) is 30.3 Å². The lowest BCUT2D eigenvalue weighted by molar-refractivity contribution is 0.355. The molecule has 20 heavy (non-hydrogen) atoms. The maximum atomic E-state index is 5.42. The molecule has 0 unspecified atom stereocenters. The maximum absolute atomic E-state index is 5.42. The number of benzene rings is 1. The molecule has 1 aromatic carbocycles. The van der Waals surface area contributed by atoms with E-state index in [2.05, 4.69) is 15.5 Å². The van der Waals surface area contributed by atoms with E-state index < -0.39 is 0 Å². The van der Waals surface area contributed by atoms with Crippen LogP contribution in [-0.2, 0) is 0 Å². The zero-order chi connectivity index (χ0) is 14.4. The van der Waals surface area contributed by atoms with Crippen molar-refractivity contribution in [2.24, 2.45) is 5.73 Å². The van der Waals surface area contributed by atoms with Gasteiger partial charge >= 0.3 is 0 Å². The SMILES string of the molecule is COc1ccc(-c2ccc(NCCN)nn2)cc1OC. The van der Waals surface area contributed by atoms with Crippen molar-refractivity contribution in [1.82, 2.24) is 10.2 Å². The first kappa shape index (κ1) is 14.1. The van der Waals surface area contributed by atoms with Crippen molar-refractivity contribution in [3.63, 3.8) is 0 Å². The number of methoxy groups -OCH3 is 2. The second kappa shape index (κ2) is 6.72. The minimum Gasteiger partial charge on any atom is -0.493 e. The third-order valence-electron chi connectivity index (χ3n) is 2.79. The van der Waals surface area contributed by atoms with Gasteiger partial charge in [-0.05, 0) is 30.3 Å². The van der Waals surface area contributed by atoms with Crippen LogP contribution < -0.4 is 20.5 Å². The molecule has 0 aliphatic heterocycles. The third kappa shape index (κ3) is 3.16. The molecule has 0 saturated carbocycles.